The van der Waals surface area contributed by atoms with E-state index in [0.717, 1.165) is 11.6 Å². The monoisotopic (exact) mass is 344 g/mol. The first kappa shape index (κ1) is 18.0. The van der Waals surface area contributed by atoms with Crippen molar-refractivity contribution in [3.63, 3.8) is 0 Å². The molecule has 0 fully saturated rings. The number of carbonyl (C=O) groups excluding carboxylic acids is 2. The van der Waals surface area contributed by atoms with Crippen LogP contribution in [0.2, 0.25) is 0 Å². The number of hydrogen-bond donors (Lipinski definition) is 3. The van der Waals surface area contributed by atoms with Crippen LogP contribution in [0, 0.1) is 0 Å². The largest absolute Gasteiger partial charge is 0.508 e. The number of phenols is 2. The second-order valence-electron chi connectivity index (χ2n) is 5.08. The summed E-state index contributed by atoms with van der Waals surface area (Å²) in [6.07, 6.45) is 2.50. The Morgan fingerprint density at radius 2 is 1.84 bits per heavy atom. The lowest BCUT2D eigenvalue weighted by molar-refractivity contribution is -0.156. The highest BCUT2D eigenvalue weighted by atomic mass is 17.1. The maximum absolute atomic E-state index is 11.7. The molecule has 7 nitrogen and oxygen atoms in total. The van der Waals surface area contributed by atoms with Crippen molar-refractivity contribution in [2.45, 2.75) is 12.8 Å². The summed E-state index contributed by atoms with van der Waals surface area (Å²) in [6.45, 7) is 0. The Balaban J connectivity index is 1.89. The van der Waals surface area contributed by atoms with Crippen LogP contribution in [0.3, 0.4) is 0 Å². The van der Waals surface area contributed by atoms with Crippen molar-refractivity contribution in [1.29, 1.82) is 0 Å². The summed E-state index contributed by atoms with van der Waals surface area (Å²) in [7, 11) is 0. The zero-order valence-corrected chi connectivity index (χ0v) is 13.1. The van der Waals surface area contributed by atoms with Crippen molar-refractivity contribution in [2.24, 2.45) is 0 Å². The van der Waals surface area contributed by atoms with E-state index >= 15 is 0 Å². The van der Waals surface area contributed by atoms with E-state index in [0.29, 0.717) is 6.42 Å². The van der Waals surface area contributed by atoms with Crippen molar-refractivity contribution < 1.29 is 34.7 Å². The van der Waals surface area contributed by atoms with Crippen molar-refractivity contribution in [3.05, 3.63) is 59.7 Å². The van der Waals surface area contributed by atoms with E-state index < -0.39 is 11.9 Å². The predicted molar refractivity (Wildman–Crippen MR) is 87.9 cm³/mol. The first-order chi connectivity index (χ1) is 12.0. The number of ether oxygens (including phenoxy) is 1. The van der Waals surface area contributed by atoms with Crippen molar-refractivity contribution in [1.82, 2.24) is 0 Å². The van der Waals surface area contributed by atoms with E-state index in [2.05, 4.69) is 9.62 Å². The minimum Gasteiger partial charge on any atom is -0.508 e. The fraction of sp³-hybridized carbons (Fsp3) is 0.111. The number of carbonyl (C=O) groups is 2. The number of benzene rings is 2. The summed E-state index contributed by atoms with van der Waals surface area (Å²) in [5.41, 5.74) is 0.969. The molecule has 0 aliphatic rings. The summed E-state index contributed by atoms with van der Waals surface area (Å²) < 4.78 is 4.63. The molecule has 0 aliphatic carbocycles. The number of rotatable bonds is 6. The average Bonchev–Trinajstić information content (AvgIpc) is 2.58. The minimum absolute atomic E-state index is 0.0276. The Morgan fingerprint density at radius 1 is 1.08 bits per heavy atom. The Hall–Kier alpha value is -3.32. The standard InChI is InChI=1S/C18H16O7/c19-14-5-1-3-12(11-14)7-9-16(21)24-17(22)10-8-13-4-2-6-15(20)18(13)25-23/h1-6,8,10-11,19-20,23H,7,9H2/b10-8+. The molecular weight excluding hydrogens is 328 g/mol. The molecule has 0 unspecified atom stereocenters. The highest BCUT2D eigenvalue weighted by Gasteiger charge is 2.10. The smallest absolute Gasteiger partial charge is 0.338 e. The van der Waals surface area contributed by atoms with E-state index in [9.17, 15) is 19.8 Å². The fourth-order valence-corrected chi connectivity index (χ4v) is 2.09. The van der Waals surface area contributed by atoms with Crippen LogP contribution >= 0.6 is 0 Å². The summed E-state index contributed by atoms with van der Waals surface area (Å²) in [6, 6.07) is 10.7. The SMILES string of the molecule is O=C(/C=C/c1cccc(O)c1OO)OC(=O)CCc1cccc(O)c1. The highest BCUT2D eigenvalue weighted by Crippen LogP contribution is 2.30. The molecule has 2 rings (SSSR count). The van der Waals surface area contributed by atoms with Crippen LogP contribution in [-0.2, 0) is 20.7 Å². The van der Waals surface area contributed by atoms with Gasteiger partial charge in [0.25, 0.3) is 0 Å². The number of aryl methyl sites for hydroxylation is 1. The molecular formula is C18H16O7. The maximum atomic E-state index is 11.7. The molecule has 2 aromatic rings. The molecule has 0 aromatic heterocycles. The van der Waals surface area contributed by atoms with Crippen LogP contribution in [0.5, 0.6) is 17.2 Å². The van der Waals surface area contributed by atoms with Crippen molar-refractivity contribution >= 4 is 18.0 Å². The van der Waals surface area contributed by atoms with Gasteiger partial charge in [-0.1, -0.05) is 24.3 Å². The third-order valence-electron chi connectivity index (χ3n) is 3.26. The van der Waals surface area contributed by atoms with Gasteiger partial charge in [0.2, 0.25) is 5.75 Å². The van der Waals surface area contributed by atoms with Gasteiger partial charge in [0.1, 0.15) is 5.75 Å². The molecule has 0 bridgehead atoms. The average molecular weight is 344 g/mol. The van der Waals surface area contributed by atoms with Gasteiger partial charge < -0.3 is 19.8 Å². The molecule has 0 radical (unpaired) electrons. The Morgan fingerprint density at radius 3 is 2.56 bits per heavy atom. The van der Waals surface area contributed by atoms with Gasteiger partial charge in [-0.3, -0.25) is 4.79 Å². The summed E-state index contributed by atoms with van der Waals surface area (Å²) in [5, 5.41) is 27.6. The summed E-state index contributed by atoms with van der Waals surface area (Å²) in [5.74, 6) is -2.04. The maximum Gasteiger partial charge on any atom is 0.338 e. The normalized spacial score (nSPS) is 10.6. The molecule has 25 heavy (non-hydrogen) atoms. The third kappa shape index (κ3) is 5.36. The molecule has 2 aromatic carbocycles. The van der Waals surface area contributed by atoms with Gasteiger partial charge in [-0.2, -0.15) is 0 Å². The molecule has 0 heterocycles. The number of para-hydroxylation sites is 1. The molecule has 130 valence electrons. The summed E-state index contributed by atoms with van der Waals surface area (Å²) >= 11 is 0. The zero-order chi connectivity index (χ0) is 18.2. The van der Waals surface area contributed by atoms with Gasteiger partial charge >= 0.3 is 11.9 Å². The lowest BCUT2D eigenvalue weighted by Crippen LogP contribution is -2.10. The molecule has 0 amide bonds. The van der Waals surface area contributed by atoms with Gasteiger partial charge in [0.15, 0.2) is 5.75 Å². The van der Waals surface area contributed by atoms with E-state index in [-0.39, 0.29) is 29.2 Å². The van der Waals surface area contributed by atoms with Crippen LogP contribution in [0.1, 0.15) is 17.5 Å². The lowest BCUT2D eigenvalue weighted by atomic mass is 10.1. The predicted octanol–water partition coefficient (Wildman–Crippen LogP) is 2.67. The number of phenolic OH excluding ortho intramolecular Hbond substituents is 2. The molecule has 0 aliphatic heterocycles. The van der Waals surface area contributed by atoms with Crippen molar-refractivity contribution in [2.75, 3.05) is 0 Å². The molecule has 0 spiro atoms. The number of esters is 2. The highest BCUT2D eigenvalue weighted by molar-refractivity contribution is 5.95. The third-order valence-corrected chi connectivity index (χ3v) is 3.26. The second kappa shape index (κ2) is 8.51. The van der Waals surface area contributed by atoms with Gasteiger partial charge in [-0.05, 0) is 36.3 Å². The van der Waals surface area contributed by atoms with E-state index in [1.165, 1.54) is 36.4 Å². The van der Waals surface area contributed by atoms with Crippen LogP contribution in [-0.4, -0.2) is 27.4 Å². The number of hydrogen-bond acceptors (Lipinski definition) is 7. The quantitative estimate of drug-likeness (QED) is 0.243. The molecule has 0 atom stereocenters. The zero-order valence-electron chi connectivity index (χ0n) is 13.1. The van der Waals surface area contributed by atoms with Crippen LogP contribution in [0.4, 0.5) is 0 Å². The molecule has 0 saturated carbocycles. The van der Waals surface area contributed by atoms with E-state index in [1.54, 1.807) is 12.1 Å². The van der Waals surface area contributed by atoms with Crippen molar-refractivity contribution in [3.8, 4) is 17.2 Å². The van der Waals surface area contributed by atoms with Gasteiger partial charge in [0.05, 0.1) is 6.42 Å². The lowest BCUT2D eigenvalue weighted by Gasteiger charge is -2.04. The first-order valence-corrected chi connectivity index (χ1v) is 7.33. The molecule has 3 N–H and O–H groups in total. The van der Waals surface area contributed by atoms with E-state index in [1.807, 2.05) is 0 Å². The molecule has 7 heteroatoms. The first-order valence-electron chi connectivity index (χ1n) is 7.33. The Labute approximate surface area is 143 Å². The van der Waals surface area contributed by atoms with E-state index in [4.69, 9.17) is 5.26 Å². The fourth-order valence-electron chi connectivity index (χ4n) is 2.09. The van der Waals surface area contributed by atoms with Crippen LogP contribution in [0.15, 0.2) is 48.5 Å². The second-order valence-corrected chi connectivity index (χ2v) is 5.08. The summed E-state index contributed by atoms with van der Waals surface area (Å²) in [4.78, 5) is 27.3. The van der Waals surface area contributed by atoms with Crippen LogP contribution < -0.4 is 4.89 Å². The molecule has 0 saturated heterocycles. The van der Waals surface area contributed by atoms with Gasteiger partial charge in [-0.15, -0.1) is 0 Å². The van der Waals surface area contributed by atoms with Crippen LogP contribution in [0.25, 0.3) is 6.08 Å². The Bertz CT molecular complexity index is 796. The van der Waals surface area contributed by atoms with Gasteiger partial charge in [-0.25, -0.2) is 10.1 Å². The Kier molecular flexibility index (Phi) is 6.14. The minimum atomic E-state index is -0.895. The number of aromatic hydroxyl groups is 2. The van der Waals surface area contributed by atoms with Gasteiger partial charge in [0, 0.05) is 11.6 Å². The topological polar surface area (TPSA) is 113 Å².